The summed E-state index contributed by atoms with van der Waals surface area (Å²) in [6.45, 7) is 2.02. The molecule has 0 unspecified atom stereocenters. The summed E-state index contributed by atoms with van der Waals surface area (Å²) < 4.78 is 16.3. The van der Waals surface area contributed by atoms with Crippen molar-refractivity contribution in [1.82, 2.24) is 14.2 Å². The van der Waals surface area contributed by atoms with Gasteiger partial charge in [0.05, 0.1) is 5.39 Å². The number of hydrogen-bond donors (Lipinski definition) is 2. The second-order valence-corrected chi connectivity index (χ2v) is 5.95. The molecule has 6 heteroatoms. The van der Waals surface area contributed by atoms with E-state index >= 15 is 0 Å². The molecule has 0 saturated heterocycles. The normalized spacial score (nSPS) is 11.1. The number of aromatic nitrogens is 3. The number of nitrogen functional groups attached to an aromatic ring is 1. The fraction of sp³-hybridized carbons (Fsp3) is 0.0526. The number of benzene rings is 2. The van der Waals surface area contributed by atoms with Crippen molar-refractivity contribution >= 4 is 11.0 Å². The van der Waals surface area contributed by atoms with Crippen molar-refractivity contribution in [3.05, 3.63) is 77.9 Å². The molecule has 0 bridgehead atoms. The van der Waals surface area contributed by atoms with Gasteiger partial charge in [0.25, 0.3) is 0 Å². The quantitative estimate of drug-likeness (QED) is 0.553. The molecule has 3 N–H and O–H groups in total. The number of nitrogens with one attached hydrogen (secondary N) is 1. The van der Waals surface area contributed by atoms with Crippen LogP contribution in [0.2, 0.25) is 0 Å². The third-order valence-electron chi connectivity index (χ3n) is 4.25. The number of halogens is 1. The summed E-state index contributed by atoms with van der Waals surface area (Å²) >= 11 is 0. The Morgan fingerprint density at radius 2 is 1.72 bits per heavy atom. The van der Waals surface area contributed by atoms with E-state index in [1.54, 1.807) is 12.1 Å². The Morgan fingerprint density at radius 3 is 2.40 bits per heavy atom. The lowest BCUT2D eigenvalue weighted by molar-refractivity contribution is 0.627. The van der Waals surface area contributed by atoms with Gasteiger partial charge in [-0.15, -0.1) is 0 Å². The first kappa shape index (κ1) is 15.1. The molecule has 0 aliphatic carbocycles. The maximum atomic E-state index is 13.3. The maximum Gasteiger partial charge on any atom is 0.156 e. The maximum absolute atomic E-state index is 13.3. The van der Waals surface area contributed by atoms with E-state index in [1.165, 1.54) is 23.1 Å². The Kier molecular flexibility index (Phi) is 3.39. The summed E-state index contributed by atoms with van der Waals surface area (Å²) in [4.78, 5) is 4.39. The van der Waals surface area contributed by atoms with Crippen LogP contribution in [0.4, 0.5) is 4.39 Å². The van der Waals surface area contributed by atoms with E-state index in [1.807, 2.05) is 42.0 Å². The van der Waals surface area contributed by atoms with Crippen LogP contribution in [0.1, 0.15) is 5.56 Å². The summed E-state index contributed by atoms with van der Waals surface area (Å²) in [6, 6.07) is 14.2. The van der Waals surface area contributed by atoms with E-state index in [-0.39, 0.29) is 11.3 Å². The van der Waals surface area contributed by atoms with Gasteiger partial charge in [0, 0.05) is 17.4 Å². The monoisotopic (exact) mass is 333 g/mol. The second-order valence-electron chi connectivity index (χ2n) is 5.95. The van der Waals surface area contributed by atoms with E-state index in [0.717, 1.165) is 22.4 Å². The SMILES string of the molecule is Cc1ccc(-c2cn(-c3ccc(F)cc3)c3ncn(N)c(=N)c23)cc1. The Hall–Kier alpha value is -3.41. The average molecular weight is 333 g/mol. The van der Waals surface area contributed by atoms with Gasteiger partial charge < -0.3 is 10.4 Å². The Bertz CT molecular complexity index is 1120. The van der Waals surface area contributed by atoms with E-state index < -0.39 is 0 Å². The van der Waals surface area contributed by atoms with E-state index in [0.29, 0.717) is 11.0 Å². The molecule has 124 valence electrons. The molecule has 0 aliphatic rings. The van der Waals surface area contributed by atoms with Gasteiger partial charge in [0.15, 0.2) is 11.1 Å². The van der Waals surface area contributed by atoms with Gasteiger partial charge in [-0.1, -0.05) is 29.8 Å². The lowest BCUT2D eigenvalue weighted by Gasteiger charge is -2.05. The van der Waals surface area contributed by atoms with Crippen molar-refractivity contribution in [2.75, 3.05) is 5.84 Å². The highest BCUT2D eigenvalue weighted by Crippen LogP contribution is 2.29. The van der Waals surface area contributed by atoms with E-state index in [9.17, 15) is 4.39 Å². The number of aryl methyl sites for hydroxylation is 1. The topological polar surface area (TPSA) is 72.6 Å². The minimum absolute atomic E-state index is 0.168. The Labute approximate surface area is 143 Å². The first-order valence-corrected chi connectivity index (χ1v) is 7.80. The van der Waals surface area contributed by atoms with Crippen LogP contribution >= 0.6 is 0 Å². The summed E-state index contributed by atoms with van der Waals surface area (Å²) in [6.07, 6.45) is 3.32. The molecular weight excluding hydrogens is 317 g/mol. The zero-order chi connectivity index (χ0) is 17.6. The summed E-state index contributed by atoms with van der Waals surface area (Å²) in [7, 11) is 0. The van der Waals surface area contributed by atoms with Crippen molar-refractivity contribution in [2.24, 2.45) is 0 Å². The second kappa shape index (κ2) is 5.59. The standard InChI is InChI=1S/C19H16FN5/c1-12-2-4-13(5-3-12)16-10-24(15-8-6-14(20)7-9-15)19-17(16)18(21)25(22)11-23-19/h2-11,21H,22H2,1H3. The summed E-state index contributed by atoms with van der Waals surface area (Å²) in [5.41, 5.74) is 4.53. The fourth-order valence-corrected chi connectivity index (χ4v) is 2.91. The lowest BCUT2D eigenvalue weighted by atomic mass is 10.1. The van der Waals surface area contributed by atoms with Crippen molar-refractivity contribution < 1.29 is 4.39 Å². The number of nitrogens with zero attached hydrogens (tertiary/aromatic N) is 3. The van der Waals surface area contributed by atoms with Crippen LogP contribution in [0.15, 0.2) is 61.1 Å². The summed E-state index contributed by atoms with van der Waals surface area (Å²) in [5, 5.41) is 9.01. The third kappa shape index (κ3) is 2.48. The van der Waals surface area contributed by atoms with Gasteiger partial charge in [-0.25, -0.2) is 14.1 Å². The molecule has 2 aromatic heterocycles. The minimum Gasteiger partial charge on any atom is -0.336 e. The van der Waals surface area contributed by atoms with Gasteiger partial charge in [0.1, 0.15) is 12.1 Å². The third-order valence-corrected chi connectivity index (χ3v) is 4.25. The van der Waals surface area contributed by atoms with Crippen molar-refractivity contribution in [3.63, 3.8) is 0 Å². The van der Waals surface area contributed by atoms with Crippen LogP contribution in [0.25, 0.3) is 27.8 Å². The van der Waals surface area contributed by atoms with Gasteiger partial charge in [-0.05, 0) is 36.8 Å². The van der Waals surface area contributed by atoms with Crippen molar-refractivity contribution in [1.29, 1.82) is 5.41 Å². The molecule has 25 heavy (non-hydrogen) atoms. The van der Waals surface area contributed by atoms with Crippen LogP contribution in [0, 0.1) is 18.2 Å². The molecule has 2 aromatic carbocycles. The Morgan fingerprint density at radius 1 is 1.04 bits per heavy atom. The lowest BCUT2D eigenvalue weighted by Crippen LogP contribution is -2.27. The molecule has 0 atom stereocenters. The van der Waals surface area contributed by atoms with Crippen LogP contribution in [0.5, 0.6) is 0 Å². The predicted octanol–water partition coefficient (Wildman–Crippen LogP) is 3.13. The average Bonchev–Trinajstić information content (AvgIpc) is 3.00. The molecule has 4 rings (SSSR count). The fourth-order valence-electron chi connectivity index (χ4n) is 2.91. The van der Waals surface area contributed by atoms with E-state index in [4.69, 9.17) is 11.3 Å². The molecule has 0 saturated carbocycles. The highest BCUT2D eigenvalue weighted by atomic mass is 19.1. The van der Waals surface area contributed by atoms with Crippen LogP contribution in [-0.4, -0.2) is 14.2 Å². The van der Waals surface area contributed by atoms with E-state index in [2.05, 4.69) is 4.98 Å². The van der Waals surface area contributed by atoms with Crippen molar-refractivity contribution in [2.45, 2.75) is 6.92 Å². The van der Waals surface area contributed by atoms with Crippen LogP contribution < -0.4 is 11.3 Å². The highest BCUT2D eigenvalue weighted by Gasteiger charge is 2.15. The van der Waals surface area contributed by atoms with Crippen LogP contribution in [0.3, 0.4) is 0 Å². The first-order chi connectivity index (χ1) is 12.0. The summed E-state index contributed by atoms with van der Waals surface area (Å²) in [5.74, 6) is 5.53. The molecule has 0 fully saturated rings. The molecular formula is C19H16FN5. The number of rotatable bonds is 2. The molecule has 0 amide bonds. The number of fused-ring (bicyclic) bond motifs is 1. The largest absolute Gasteiger partial charge is 0.336 e. The number of nitrogens with two attached hydrogens (primary N) is 1. The minimum atomic E-state index is -0.298. The molecule has 0 radical (unpaired) electrons. The zero-order valence-corrected chi connectivity index (χ0v) is 13.6. The van der Waals surface area contributed by atoms with Crippen molar-refractivity contribution in [3.8, 4) is 16.8 Å². The Balaban J connectivity index is 2.06. The smallest absolute Gasteiger partial charge is 0.156 e. The molecule has 5 nitrogen and oxygen atoms in total. The molecule has 2 heterocycles. The van der Waals surface area contributed by atoms with Crippen LogP contribution in [-0.2, 0) is 0 Å². The molecule has 0 aliphatic heterocycles. The van der Waals surface area contributed by atoms with Gasteiger partial charge in [0.2, 0.25) is 0 Å². The van der Waals surface area contributed by atoms with Gasteiger partial charge in [-0.2, -0.15) is 0 Å². The van der Waals surface area contributed by atoms with Gasteiger partial charge in [-0.3, -0.25) is 5.41 Å². The van der Waals surface area contributed by atoms with Gasteiger partial charge >= 0.3 is 0 Å². The number of hydrogen-bond acceptors (Lipinski definition) is 3. The highest BCUT2D eigenvalue weighted by molar-refractivity contribution is 5.94. The predicted molar refractivity (Wildman–Crippen MR) is 95.2 cm³/mol. The first-order valence-electron chi connectivity index (χ1n) is 7.80. The molecule has 0 spiro atoms. The molecule has 4 aromatic rings. The zero-order valence-electron chi connectivity index (χ0n) is 13.6.